The molecule has 0 saturated heterocycles. The molecule has 0 unspecified atom stereocenters. The fraction of sp³-hybridized carbons (Fsp3) is 0.296. The average molecular weight is 454 g/mol. The number of aryl methyl sites for hydroxylation is 1. The largest absolute Gasteiger partial charge is 0.482 e. The van der Waals surface area contributed by atoms with Gasteiger partial charge in [-0.3, -0.25) is 9.67 Å². The van der Waals surface area contributed by atoms with Crippen molar-refractivity contribution in [3.05, 3.63) is 77.0 Å². The molecule has 2 N–H and O–H groups in total. The summed E-state index contributed by atoms with van der Waals surface area (Å²) in [6.07, 6.45) is 6.45. The van der Waals surface area contributed by atoms with E-state index in [1.54, 1.807) is 12.4 Å². The number of fused-ring (bicyclic) bond motifs is 8. The lowest BCUT2D eigenvalue weighted by Crippen LogP contribution is -2.12. The van der Waals surface area contributed by atoms with Gasteiger partial charge in [0.1, 0.15) is 11.9 Å². The van der Waals surface area contributed by atoms with E-state index >= 15 is 0 Å². The Kier molecular flexibility index (Phi) is 3.86. The number of anilines is 1. The number of aromatic nitrogens is 4. The van der Waals surface area contributed by atoms with E-state index in [1.807, 2.05) is 36.9 Å². The zero-order chi connectivity index (χ0) is 23.2. The molecule has 3 aliphatic rings. The molecule has 2 aliphatic carbocycles. The molecule has 6 nitrogen and oxygen atoms in total. The van der Waals surface area contributed by atoms with Crippen LogP contribution in [0.25, 0.3) is 22.5 Å². The molecule has 4 heterocycles. The highest BCUT2D eigenvalue weighted by atomic mass is 19.1. The first kappa shape index (κ1) is 19.7. The minimum absolute atomic E-state index is 0.128. The maximum atomic E-state index is 14.4. The Labute approximate surface area is 196 Å². The highest BCUT2D eigenvalue weighted by molar-refractivity contribution is 5.75. The number of nitrogens with zero attached hydrogens (tertiary/aromatic N) is 4. The highest BCUT2D eigenvalue weighted by Gasteiger charge is 2.56. The molecule has 7 heteroatoms. The molecule has 1 saturated carbocycles. The van der Waals surface area contributed by atoms with Gasteiger partial charge in [0.15, 0.2) is 11.6 Å². The average Bonchev–Trinajstić information content (AvgIpc) is 3.44. The summed E-state index contributed by atoms with van der Waals surface area (Å²) in [5, 5.41) is 5.03. The molecule has 0 amide bonds. The van der Waals surface area contributed by atoms with Crippen molar-refractivity contribution in [3.8, 4) is 28.3 Å². The topological polar surface area (TPSA) is 78.9 Å². The molecule has 170 valence electrons. The zero-order valence-corrected chi connectivity index (χ0v) is 19.0. The van der Waals surface area contributed by atoms with Crippen LogP contribution < -0.4 is 10.5 Å². The third-order valence-corrected chi connectivity index (χ3v) is 7.76. The van der Waals surface area contributed by atoms with Gasteiger partial charge in [-0.2, -0.15) is 5.10 Å². The lowest BCUT2D eigenvalue weighted by molar-refractivity contribution is 0.227. The van der Waals surface area contributed by atoms with Crippen LogP contribution in [0.5, 0.6) is 5.75 Å². The summed E-state index contributed by atoms with van der Waals surface area (Å²) in [5.74, 6) is 0.610. The number of ether oxygens (including phenoxy) is 1. The molecular weight excluding hydrogens is 429 g/mol. The van der Waals surface area contributed by atoms with Crippen LogP contribution in [0.3, 0.4) is 0 Å². The number of halogens is 1. The molecule has 1 fully saturated rings. The van der Waals surface area contributed by atoms with Crippen molar-refractivity contribution >= 4 is 5.82 Å². The SMILES string of the molecule is C[C@H]1Oc2cc(cnc2N)-c2c3c(nn2C)C2(CC2)C[C@@H]3c2cccnc2-c2ccc(F)cc21. The van der Waals surface area contributed by atoms with Crippen LogP contribution in [-0.2, 0) is 12.5 Å². The number of benzene rings is 1. The first-order chi connectivity index (χ1) is 16.4. The first-order valence-corrected chi connectivity index (χ1v) is 11.7. The lowest BCUT2D eigenvalue weighted by atomic mass is 9.86. The van der Waals surface area contributed by atoms with E-state index in [9.17, 15) is 4.39 Å². The predicted molar refractivity (Wildman–Crippen MR) is 127 cm³/mol. The quantitative estimate of drug-likeness (QED) is 0.392. The Hall–Kier alpha value is -3.74. The number of nitrogen functional groups attached to an aromatic ring is 1. The maximum absolute atomic E-state index is 14.4. The van der Waals surface area contributed by atoms with Crippen LogP contribution >= 0.6 is 0 Å². The van der Waals surface area contributed by atoms with E-state index in [0.717, 1.165) is 52.9 Å². The minimum atomic E-state index is -0.459. The first-order valence-electron chi connectivity index (χ1n) is 11.7. The molecule has 1 aromatic carbocycles. The fourth-order valence-corrected chi connectivity index (χ4v) is 5.99. The summed E-state index contributed by atoms with van der Waals surface area (Å²) in [6, 6.07) is 10.9. The van der Waals surface area contributed by atoms with Crippen LogP contribution in [-0.4, -0.2) is 19.7 Å². The summed E-state index contributed by atoms with van der Waals surface area (Å²) in [6.45, 7) is 1.90. The van der Waals surface area contributed by atoms with Gasteiger partial charge in [-0.1, -0.05) is 6.07 Å². The third-order valence-electron chi connectivity index (χ3n) is 7.76. The van der Waals surface area contributed by atoms with E-state index in [1.165, 1.54) is 23.4 Å². The predicted octanol–water partition coefficient (Wildman–Crippen LogP) is 5.29. The van der Waals surface area contributed by atoms with Crippen molar-refractivity contribution in [2.24, 2.45) is 7.05 Å². The summed E-state index contributed by atoms with van der Waals surface area (Å²) < 4.78 is 22.7. The molecule has 4 aromatic rings. The number of rotatable bonds is 0. The number of pyridine rings is 2. The Morgan fingerprint density at radius 2 is 2.00 bits per heavy atom. The second kappa shape index (κ2) is 6.65. The monoisotopic (exact) mass is 453 g/mol. The van der Waals surface area contributed by atoms with Gasteiger partial charge < -0.3 is 10.5 Å². The maximum Gasteiger partial charge on any atom is 0.166 e. The molecule has 34 heavy (non-hydrogen) atoms. The summed E-state index contributed by atoms with van der Waals surface area (Å²) >= 11 is 0. The van der Waals surface area contributed by atoms with Crippen LogP contribution in [0.4, 0.5) is 10.2 Å². The molecule has 0 radical (unpaired) electrons. The molecule has 1 spiro atoms. The third kappa shape index (κ3) is 2.64. The van der Waals surface area contributed by atoms with E-state index in [2.05, 4.69) is 11.1 Å². The van der Waals surface area contributed by atoms with Gasteiger partial charge in [0.05, 0.1) is 17.1 Å². The van der Waals surface area contributed by atoms with Crippen molar-refractivity contribution in [1.29, 1.82) is 0 Å². The van der Waals surface area contributed by atoms with E-state index in [4.69, 9.17) is 20.6 Å². The van der Waals surface area contributed by atoms with Crippen LogP contribution in [0.15, 0.2) is 48.8 Å². The van der Waals surface area contributed by atoms with Gasteiger partial charge in [0.25, 0.3) is 0 Å². The Morgan fingerprint density at radius 3 is 2.82 bits per heavy atom. The molecule has 3 aromatic heterocycles. The van der Waals surface area contributed by atoms with Gasteiger partial charge >= 0.3 is 0 Å². The van der Waals surface area contributed by atoms with Gasteiger partial charge in [0.2, 0.25) is 0 Å². The van der Waals surface area contributed by atoms with Crippen molar-refractivity contribution in [1.82, 2.24) is 19.7 Å². The van der Waals surface area contributed by atoms with Gasteiger partial charge in [-0.25, -0.2) is 9.37 Å². The zero-order valence-electron chi connectivity index (χ0n) is 19.0. The minimum Gasteiger partial charge on any atom is -0.482 e. The molecule has 1 aliphatic heterocycles. The van der Waals surface area contributed by atoms with E-state index < -0.39 is 6.10 Å². The Morgan fingerprint density at radius 1 is 1.15 bits per heavy atom. The second-order valence-electron chi connectivity index (χ2n) is 9.81. The standard InChI is InChI=1S/C27H24FN5O/c1-14-19-11-16(28)5-6-18(19)23-17(4-3-9-30-23)20-12-27(7-8-27)25-22(20)24(33(2)32-25)15-10-21(34-14)26(29)31-13-15/h3-6,9-11,13-14,20H,7-8,12H2,1-2H3,(H2,29,31)/t14-,20-/m1/s1. The molecule has 2 bridgehead atoms. The second-order valence-corrected chi connectivity index (χ2v) is 9.81. The highest BCUT2D eigenvalue weighted by Crippen LogP contribution is 2.63. The van der Waals surface area contributed by atoms with Crippen molar-refractivity contribution in [3.63, 3.8) is 0 Å². The van der Waals surface area contributed by atoms with Crippen molar-refractivity contribution in [2.75, 3.05) is 5.73 Å². The summed E-state index contributed by atoms with van der Waals surface area (Å²) in [7, 11) is 1.99. The van der Waals surface area contributed by atoms with Crippen LogP contribution in [0.1, 0.15) is 60.6 Å². The fourth-order valence-electron chi connectivity index (χ4n) is 5.99. The van der Waals surface area contributed by atoms with Gasteiger partial charge in [-0.05, 0) is 62.1 Å². The molecule has 7 rings (SSSR count). The van der Waals surface area contributed by atoms with Crippen molar-refractivity contribution in [2.45, 2.75) is 43.6 Å². The van der Waals surface area contributed by atoms with E-state index in [-0.39, 0.29) is 17.2 Å². The Bertz CT molecular complexity index is 1490. The number of hydrogen-bond acceptors (Lipinski definition) is 5. The lowest BCUT2D eigenvalue weighted by Gasteiger charge is -2.24. The Balaban J connectivity index is 1.59. The molecular formula is C27H24FN5O. The number of nitrogens with two attached hydrogens (primary N) is 1. The van der Waals surface area contributed by atoms with Crippen LogP contribution in [0.2, 0.25) is 0 Å². The van der Waals surface area contributed by atoms with Gasteiger partial charge in [0, 0.05) is 53.0 Å². The number of hydrogen-bond donors (Lipinski definition) is 1. The van der Waals surface area contributed by atoms with Crippen molar-refractivity contribution < 1.29 is 9.13 Å². The van der Waals surface area contributed by atoms with Crippen LogP contribution in [0, 0.1) is 5.82 Å². The smallest absolute Gasteiger partial charge is 0.166 e. The normalized spacial score (nSPS) is 21.0. The van der Waals surface area contributed by atoms with Gasteiger partial charge in [-0.15, -0.1) is 0 Å². The summed E-state index contributed by atoms with van der Waals surface area (Å²) in [5.41, 5.74) is 14.3. The molecule has 2 atom stereocenters. The summed E-state index contributed by atoms with van der Waals surface area (Å²) in [4.78, 5) is 9.28. The van der Waals surface area contributed by atoms with E-state index in [0.29, 0.717) is 11.6 Å².